The molecule has 5 heteroatoms. The summed E-state index contributed by atoms with van der Waals surface area (Å²) in [7, 11) is 1.71. The van der Waals surface area contributed by atoms with Gasteiger partial charge in [-0.25, -0.2) is 0 Å². The average Bonchev–Trinajstić information content (AvgIpc) is 3.10. The molecule has 0 N–H and O–H groups in total. The van der Waals surface area contributed by atoms with Gasteiger partial charge in [-0.05, 0) is 59.9 Å². The van der Waals surface area contributed by atoms with Gasteiger partial charge >= 0.3 is 0 Å². The van der Waals surface area contributed by atoms with Crippen molar-refractivity contribution in [2.45, 2.75) is 70.9 Å². The third-order valence-corrected chi connectivity index (χ3v) is 7.78. The Hall–Kier alpha value is -1.91. The fourth-order valence-corrected chi connectivity index (χ4v) is 6.13. The molecule has 0 spiro atoms. The van der Waals surface area contributed by atoms with Gasteiger partial charge in [0.15, 0.2) is 0 Å². The molecule has 0 saturated heterocycles. The third kappa shape index (κ3) is 4.57. The van der Waals surface area contributed by atoms with E-state index in [9.17, 15) is 0 Å². The highest BCUT2D eigenvalue weighted by Gasteiger charge is 2.52. The highest BCUT2D eigenvalue weighted by molar-refractivity contribution is 6.32. The number of methoxy groups -OCH3 is 1. The molecule has 3 atom stereocenters. The highest BCUT2D eigenvalue weighted by Crippen LogP contribution is 2.58. The monoisotopic (exact) mass is 471 g/mol. The normalized spacial score (nSPS) is 25.1. The van der Waals surface area contributed by atoms with Crippen LogP contribution in [-0.2, 0) is 9.47 Å². The van der Waals surface area contributed by atoms with Crippen molar-refractivity contribution in [3.63, 3.8) is 0 Å². The fourth-order valence-electron chi connectivity index (χ4n) is 5.90. The zero-order chi connectivity index (χ0) is 23.8. The summed E-state index contributed by atoms with van der Waals surface area (Å²) in [5.41, 5.74) is 5.02. The molecule has 2 aliphatic heterocycles. The third-order valence-electron chi connectivity index (χ3n) is 7.49. The van der Waals surface area contributed by atoms with Crippen molar-refractivity contribution in [2.75, 3.05) is 26.9 Å². The van der Waals surface area contributed by atoms with Crippen LogP contribution < -0.4 is 4.74 Å². The van der Waals surface area contributed by atoms with E-state index in [1.54, 1.807) is 7.11 Å². The first kappa shape index (κ1) is 24.2. The molecular weight excluding hydrogens is 434 g/mol. The van der Waals surface area contributed by atoms with Crippen LogP contribution in [0.2, 0.25) is 5.02 Å². The predicted molar refractivity (Wildman–Crippen MR) is 135 cm³/mol. The molecule has 0 bridgehead atoms. The summed E-state index contributed by atoms with van der Waals surface area (Å²) in [5.74, 6) is 1.96. The van der Waals surface area contributed by atoms with Crippen molar-refractivity contribution in [3.8, 4) is 5.75 Å². The van der Waals surface area contributed by atoms with Crippen LogP contribution in [0, 0.1) is 5.41 Å². The van der Waals surface area contributed by atoms with E-state index in [0.29, 0.717) is 36.8 Å². The SMILES string of the molecule is C=C1CC2c3cc(Cl)c(OCCCOC)cc3C3CCC(C)(C)[C@H]3N2C=C1C(=C)OCCC. The van der Waals surface area contributed by atoms with E-state index in [2.05, 4.69) is 57.2 Å². The molecule has 0 amide bonds. The zero-order valence-electron chi connectivity index (χ0n) is 20.6. The Labute approximate surface area is 204 Å². The fraction of sp³-hybridized carbons (Fsp3) is 0.571. The summed E-state index contributed by atoms with van der Waals surface area (Å²) in [6, 6.07) is 4.97. The quantitative estimate of drug-likeness (QED) is 0.282. The largest absolute Gasteiger partial charge is 0.494 e. The van der Waals surface area contributed by atoms with Crippen LogP contribution in [0.5, 0.6) is 5.75 Å². The van der Waals surface area contributed by atoms with Crippen LogP contribution >= 0.6 is 11.6 Å². The number of benzene rings is 1. The van der Waals surface area contributed by atoms with Gasteiger partial charge in [0, 0.05) is 43.9 Å². The number of fused-ring (bicyclic) bond motifs is 6. The second-order valence-electron chi connectivity index (χ2n) is 10.3. The van der Waals surface area contributed by atoms with Crippen molar-refractivity contribution < 1.29 is 14.2 Å². The second-order valence-corrected chi connectivity index (χ2v) is 10.7. The summed E-state index contributed by atoms with van der Waals surface area (Å²) >= 11 is 6.73. The molecule has 180 valence electrons. The summed E-state index contributed by atoms with van der Waals surface area (Å²) in [6.45, 7) is 17.5. The Morgan fingerprint density at radius 1 is 1.21 bits per heavy atom. The van der Waals surface area contributed by atoms with Crippen molar-refractivity contribution in [1.29, 1.82) is 0 Å². The molecule has 3 aliphatic rings. The Morgan fingerprint density at radius 3 is 2.73 bits per heavy atom. The van der Waals surface area contributed by atoms with Gasteiger partial charge < -0.3 is 19.1 Å². The van der Waals surface area contributed by atoms with Gasteiger partial charge in [-0.3, -0.25) is 0 Å². The van der Waals surface area contributed by atoms with E-state index in [4.69, 9.17) is 25.8 Å². The first-order chi connectivity index (χ1) is 15.8. The van der Waals surface area contributed by atoms with Gasteiger partial charge in [0.2, 0.25) is 0 Å². The van der Waals surface area contributed by atoms with E-state index in [0.717, 1.165) is 48.3 Å². The van der Waals surface area contributed by atoms with E-state index >= 15 is 0 Å². The van der Waals surface area contributed by atoms with Crippen LogP contribution in [0.4, 0.5) is 0 Å². The van der Waals surface area contributed by atoms with Crippen LogP contribution in [0.15, 0.2) is 48.4 Å². The number of nitrogens with zero attached hydrogens (tertiary/aromatic N) is 1. The standard InChI is InChI=1S/C28H38ClNO3/c1-7-11-32-19(3)23-17-30-25(14-18(23)2)22-15-24(29)26(33-13-8-12-31-6)16-21(22)20-9-10-28(4,5)27(20)30/h15-17,20,25,27H,2-3,7-14H2,1,4-6H3/t20?,25?,27-/m0/s1. The summed E-state index contributed by atoms with van der Waals surface area (Å²) in [6.07, 6.45) is 7.27. The minimum atomic E-state index is 0.200. The first-order valence-corrected chi connectivity index (χ1v) is 12.6. The summed E-state index contributed by atoms with van der Waals surface area (Å²) in [4.78, 5) is 2.57. The van der Waals surface area contributed by atoms with Crippen molar-refractivity contribution in [2.24, 2.45) is 5.41 Å². The first-order valence-electron chi connectivity index (χ1n) is 12.2. The van der Waals surface area contributed by atoms with E-state index in [1.807, 2.05) is 0 Å². The Balaban J connectivity index is 1.72. The molecule has 1 fully saturated rings. The smallest absolute Gasteiger partial charge is 0.138 e. The van der Waals surface area contributed by atoms with E-state index in [-0.39, 0.29) is 11.5 Å². The van der Waals surface area contributed by atoms with Gasteiger partial charge in [0.05, 0.1) is 24.3 Å². The van der Waals surface area contributed by atoms with Gasteiger partial charge in [-0.2, -0.15) is 0 Å². The van der Waals surface area contributed by atoms with Gasteiger partial charge in [0.25, 0.3) is 0 Å². The Morgan fingerprint density at radius 2 is 2.00 bits per heavy atom. The lowest BCUT2D eigenvalue weighted by Crippen LogP contribution is -2.48. The number of hydrogen-bond acceptors (Lipinski definition) is 4. The molecule has 0 radical (unpaired) electrons. The van der Waals surface area contributed by atoms with Crippen LogP contribution in [0.3, 0.4) is 0 Å². The number of allylic oxidation sites excluding steroid dienone is 1. The Kier molecular flexibility index (Phi) is 7.16. The maximum absolute atomic E-state index is 6.73. The average molecular weight is 472 g/mol. The molecule has 2 heterocycles. The molecular formula is C28H38ClNO3. The van der Waals surface area contributed by atoms with Crippen molar-refractivity contribution in [1.82, 2.24) is 4.90 Å². The molecule has 0 aromatic heterocycles. The van der Waals surface area contributed by atoms with Crippen LogP contribution in [0.1, 0.15) is 76.0 Å². The van der Waals surface area contributed by atoms with Crippen molar-refractivity contribution in [3.05, 3.63) is 64.5 Å². The minimum absolute atomic E-state index is 0.200. The lowest BCUT2D eigenvalue weighted by Gasteiger charge is -2.51. The maximum Gasteiger partial charge on any atom is 0.138 e. The summed E-state index contributed by atoms with van der Waals surface area (Å²) in [5, 5.41) is 0.679. The lowest BCUT2D eigenvalue weighted by molar-refractivity contribution is 0.0877. The second kappa shape index (κ2) is 9.76. The predicted octanol–water partition coefficient (Wildman–Crippen LogP) is 7.17. The topological polar surface area (TPSA) is 30.9 Å². The number of ether oxygens (including phenoxy) is 3. The molecule has 4 nitrogen and oxygen atoms in total. The Bertz CT molecular complexity index is 951. The molecule has 33 heavy (non-hydrogen) atoms. The van der Waals surface area contributed by atoms with Crippen LogP contribution in [-0.4, -0.2) is 37.9 Å². The molecule has 1 aromatic rings. The van der Waals surface area contributed by atoms with Gasteiger partial charge in [-0.15, -0.1) is 0 Å². The number of hydrogen-bond donors (Lipinski definition) is 0. The van der Waals surface area contributed by atoms with Crippen molar-refractivity contribution >= 4 is 11.6 Å². The van der Waals surface area contributed by atoms with Gasteiger partial charge in [0.1, 0.15) is 11.5 Å². The van der Waals surface area contributed by atoms with E-state index in [1.165, 1.54) is 17.5 Å². The van der Waals surface area contributed by atoms with Crippen LogP contribution in [0.25, 0.3) is 0 Å². The molecule has 4 rings (SSSR count). The van der Waals surface area contributed by atoms with Gasteiger partial charge in [-0.1, -0.05) is 45.5 Å². The minimum Gasteiger partial charge on any atom is -0.494 e. The zero-order valence-corrected chi connectivity index (χ0v) is 21.3. The maximum atomic E-state index is 6.73. The van der Waals surface area contributed by atoms with E-state index < -0.39 is 0 Å². The molecule has 1 aromatic carbocycles. The molecule has 2 unspecified atom stereocenters. The molecule has 1 saturated carbocycles. The lowest BCUT2D eigenvalue weighted by atomic mass is 9.73. The number of rotatable bonds is 9. The molecule has 1 aliphatic carbocycles. The number of halogens is 1. The highest BCUT2D eigenvalue weighted by atomic mass is 35.5. The summed E-state index contributed by atoms with van der Waals surface area (Å²) < 4.78 is 17.1.